The van der Waals surface area contributed by atoms with Crippen molar-refractivity contribution < 1.29 is 54.5 Å². The smallest absolute Gasteiger partial charge is 0.261 e. The van der Waals surface area contributed by atoms with E-state index in [2.05, 4.69) is 81.4 Å². The minimum Gasteiger partial charge on any atom is -0.539 e. The van der Waals surface area contributed by atoms with Gasteiger partial charge in [0.05, 0.1) is 19.3 Å². The second-order valence-corrected chi connectivity index (χ2v) is 13.7. The van der Waals surface area contributed by atoms with Gasteiger partial charge in [0, 0.05) is 45.3 Å². The molecule has 2 saturated heterocycles. The van der Waals surface area contributed by atoms with E-state index in [1.165, 1.54) is 10.4 Å². The van der Waals surface area contributed by atoms with E-state index < -0.39 is 13.9 Å². The zero-order chi connectivity index (χ0) is 22.1. The fraction of sp³-hybridized carbons (Fsp3) is 0.480. The van der Waals surface area contributed by atoms with Gasteiger partial charge in [0.15, 0.2) is 0 Å². The quantitative estimate of drug-likeness (QED) is 0.318. The van der Waals surface area contributed by atoms with Crippen molar-refractivity contribution in [1.82, 2.24) is 0 Å². The van der Waals surface area contributed by atoms with Crippen LogP contribution >= 0.6 is 0 Å². The Morgan fingerprint density at radius 2 is 1.53 bits per heavy atom. The van der Waals surface area contributed by atoms with Crippen LogP contribution in [-0.4, -0.2) is 59.7 Å². The van der Waals surface area contributed by atoms with Crippen LogP contribution in [0.2, 0.25) is 5.04 Å². The van der Waals surface area contributed by atoms with E-state index in [1.807, 2.05) is 0 Å². The van der Waals surface area contributed by atoms with Gasteiger partial charge in [0.25, 0.3) is 8.32 Å². The zero-order valence-electron chi connectivity index (χ0n) is 19.5. The molecule has 0 spiro atoms. The number of hydrogen-bond acceptors (Lipinski definition) is 5. The zero-order valence-corrected chi connectivity index (χ0v) is 24.7. The van der Waals surface area contributed by atoms with Crippen LogP contribution in [0.3, 0.4) is 0 Å². The average Bonchev–Trinajstić information content (AvgIpc) is 3.26. The van der Waals surface area contributed by atoms with E-state index >= 15 is 0 Å². The molecule has 2 aromatic carbocycles. The van der Waals surface area contributed by atoms with Crippen LogP contribution in [0, 0.1) is 37.7 Å². The van der Waals surface area contributed by atoms with Crippen LogP contribution in [0.5, 0.6) is 0 Å². The van der Waals surface area contributed by atoms with Gasteiger partial charge in [-0.25, -0.2) is 0 Å². The molecule has 32 heavy (non-hydrogen) atoms. The molecule has 0 aliphatic carbocycles. The van der Waals surface area contributed by atoms with Crippen LogP contribution < -0.4 is 10.4 Å². The molecule has 2 fully saturated rings. The summed E-state index contributed by atoms with van der Waals surface area (Å²) >= 11 is 0. The van der Waals surface area contributed by atoms with Crippen LogP contribution in [0.4, 0.5) is 0 Å². The third-order valence-electron chi connectivity index (χ3n) is 6.57. The molecular formula is C25H33O5SiU-. The first kappa shape index (κ1) is 26.1. The Bertz CT molecular complexity index is 820. The first-order valence-corrected chi connectivity index (χ1v) is 12.7. The number of benzene rings is 2. The molecule has 0 N–H and O–H groups in total. The van der Waals surface area contributed by atoms with Crippen molar-refractivity contribution in [3.05, 3.63) is 67.3 Å². The minimum absolute atomic E-state index is 0. The first-order chi connectivity index (χ1) is 14.9. The SMILES string of the molecule is COCC1O[C@H]2[CH-]O[C@]1(CO[Si](c1ccccc1)(c1ccccc1)C(C)(C)C)[C@H]2OC.[U]. The first-order valence-electron chi connectivity index (χ1n) is 10.8. The molecule has 0 amide bonds. The predicted octanol–water partition coefficient (Wildman–Crippen LogP) is 2.92. The molecule has 172 valence electrons. The molecule has 2 aliphatic heterocycles. The molecule has 2 aliphatic rings. The number of hydrogen-bond donors (Lipinski definition) is 0. The minimum atomic E-state index is -2.70. The molecule has 2 aromatic rings. The molecule has 0 radical (unpaired) electrons. The van der Waals surface area contributed by atoms with Crippen LogP contribution in [-0.2, 0) is 23.4 Å². The Balaban J connectivity index is 0.00000289. The molecule has 5 nitrogen and oxygen atoms in total. The summed E-state index contributed by atoms with van der Waals surface area (Å²) in [6.45, 7) is 9.34. The normalized spacial score (nSPS) is 27.3. The van der Waals surface area contributed by atoms with Gasteiger partial charge in [-0.2, -0.15) is 6.61 Å². The summed E-state index contributed by atoms with van der Waals surface area (Å²) in [5.74, 6) is 0. The second-order valence-electron chi connectivity index (χ2n) is 9.36. The van der Waals surface area contributed by atoms with Crippen molar-refractivity contribution in [2.24, 2.45) is 0 Å². The third-order valence-corrected chi connectivity index (χ3v) is 11.6. The van der Waals surface area contributed by atoms with Gasteiger partial charge < -0.3 is 23.4 Å². The van der Waals surface area contributed by atoms with E-state index in [4.69, 9.17) is 23.4 Å². The van der Waals surface area contributed by atoms with Crippen LogP contribution in [0.15, 0.2) is 60.7 Å². The summed E-state index contributed by atoms with van der Waals surface area (Å²) in [5.41, 5.74) is -0.734. The summed E-state index contributed by atoms with van der Waals surface area (Å²) in [6, 6.07) is 21.2. The summed E-state index contributed by atoms with van der Waals surface area (Å²) in [6.07, 6.45) is -0.700. The molecule has 4 atom stereocenters. The van der Waals surface area contributed by atoms with Crippen molar-refractivity contribution >= 4 is 18.7 Å². The Hall–Kier alpha value is -0.491. The maximum atomic E-state index is 7.16. The molecule has 2 bridgehead atoms. The fourth-order valence-electron chi connectivity index (χ4n) is 5.13. The largest absolute Gasteiger partial charge is 0.539 e. The van der Waals surface area contributed by atoms with Gasteiger partial charge in [-0.3, -0.25) is 0 Å². The summed E-state index contributed by atoms with van der Waals surface area (Å²) in [5, 5.41) is 2.35. The van der Waals surface area contributed by atoms with Crippen molar-refractivity contribution in [1.29, 1.82) is 0 Å². The Kier molecular flexibility index (Phi) is 8.50. The average molecular weight is 680 g/mol. The van der Waals surface area contributed by atoms with Crippen LogP contribution in [0.1, 0.15) is 20.8 Å². The number of rotatable bonds is 8. The summed E-state index contributed by atoms with van der Waals surface area (Å²) < 4.78 is 30.8. The molecular weight excluding hydrogens is 646 g/mol. The standard InChI is InChI=1S/C25H33O5Si.U/c1-24(2,3)31(19-12-8-6-9-13-19,20-14-10-7-11-15-20)29-18-25-22(17-26-4)30-21(16-28-25)23(25)27-5;/h6-16,21-23H,17-18H2,1-5H3;/q-1;/t21-,22?,23-,25-;/m0./s1. The van der Waals surface area contributed by atoms with E-state index in [-0.39, 0.29) is 54.5 Å². The second kappa shape index (κ2) is 10.4. The van der Waals surface area contributed by atoms with Crippen molar-refractivity contribution in [2.45, 2.75) is 49.7 Å². The van der Waals surface area contributed by atoms with E-state index in [0.29, 0.717) is 13.2 Å². The summed E-state index contributed by atoms with van der Waals surface area (Å²) in [4.78, 5) is 0. The molecule has 0 aromatic heterocycles. The number of methoxy groups -OCH3 is 2. The maximum absolute atomic E-state index is 7.16. The molecule has 7 heteroatoms. The molecule has 2 heterocycles. The van der Waals surface area contributed by atoms with Gasteiger partial charge in [-0.1, -0.05) is 81.4 Å². The monoisotopic (exact) mass is 679 g/mol. The predicted molar refractivity (Wildman–Crippen MR) is 123 cm³/mol. The van der Waals surface area contributed by atoms with Gasteiger partial charge in [-0.15, -0.1) is 0 Å². The van der Waals surface area contributed by atoms with Gasteiger partial charge in [0.1, 0.15) is 11.7 Å². The maximum Gasteiger partial charge on any atom is 0.261 e. The van der Waals surface area contributed by atoms with E-state index in [1.54, 1.807) is 20.8 Å². The Labute approximate surface area is 216 Å². The van der Waals surface area contributed by atoms with E-state index in [0.717, 1.165) is 0 Å². The Morgan fingerprint density at radius 1 is 0.969 bits per heavy atom. The van der Waals surface area contributed by atoms with E-state index in [9.17, 15) is 0 Å². The molecule has 1 unspecified atom stereocenters. The fourth-order valence-corrected chi connectivity index (χ4v) is 9.73. The molecule has 4 rings (SSSR count). The van der Waals surface area contributed by atoms with Crippen molar-refractivity contribution in [2.75, 3.05) is 27.4 Å². The Morgan fingerprint density at radius 3 is 2.00 bits per heavy atom. The topological polar surface area (TPSA) is 46.2 Å². The van der Waals surface area contributed by atoms with Gasteiger partial charge >= 0.3 is 0 Å². The van der Waals surface area contributed by atoms with Crippen molar-refractivity contribution in [3.8, 4) is 0 Å². The van der Waals surface area contributed by atoms with Gasteiger partial charge in [-0.05, 0) is 21.5 Å². The molecule has 0 saturated carbocycles. The van der Waals surface area contributed by atoms with Gasteiger partial charge in [0.2, 0.25) is 0 Å². The van der Waals surface area contributed by atoms with Crippen LogP contribution in [0.25, 0.3) is 0 Å². The number of fused-ring (bicyclic) bond motifs is 2. The van der Waals surface area contributed by atoms with Crippen molar-refractivity contribution in [3.63, 3.8) is 0 Å². The number of ether oxygens (including phenoxy) is 4. The third kappa shape index (κ3) is 4.32. The summed E-state index contributed by atoms with van der Waals surface area (Å²) in [7, 11) is 0.680.